The molecule has 1 saturated heterocycles. The highest BCUT2D eigenvalue weighted by Gasteiger charge is 2.10. The number of carbonyl (C=O) groups is 1. The van der Waals surface area contributed by atoms with Crippen LogP contribution in [0.5, 0.6) is 0 Å². The highest BCUT2D eigenvalue weighted by atomic mass is 16.5. The summed E-state index contributed by atoms with van der Waals surface area (Å²) in [4.78, 5) is 11.2. The molecule has 1 rings (SSSR count). The van der Waals surface area contributed by atoms with Crippen LogP contribution in [0.2, 0.25) is 0 Å². The molecule has 0 bridgehead atoms. The second-order valence-corrected chi connectivity index (χ2v) is 3.19. The highest BCUT2D eigenvalue weighted by molar-refractivity contribution is 5.77. The summed E-state index contributed by atoms with van der Waals surface area (Å²) in [7, 11) is 0. The zero-order valence-electron chi connectivity index (χ0n) is 8.66. The zero-order valence-corrected chi connectivity index (χ0v) is 8.66. The number of nitriles is 1. The second-order valence-electron chi connectivity index (χ2n) is 3.19. The molecule has 0 unspecified atom stereocenters. The van der Waals surface area contributed by atoms with Gasteiger partial charge in [-0.05, 0) is 0 Å². The minimum Gasteiger partial charge on any atom is -0.379 e. The van der Waals surface area contributed by atoms with Gasteiger partial charge in [0.2, 0.25) is 5.91 Å². The first-order chi connectivity index (χ1) is 7.33. The van der Waals surface area contributed by atoms with Crippen molar-refractivity contribution >= 4 is 5.91 Å². The first kappa shape index (κ1) is 11.9. The van der Waals surface area contributed by atoms with Crippen LogP contribution in [0.25, 0.3) is 0 Å². The summed E-state index contributed by atoms with van der Waals surface area (Å²) in [5, 5.41) is 12.9. The normalized spacial score (nSPS) is 17.0. The first-order valence-electron chi connectivity index (χ1n) is 5.03. The molecular weight excluding hydrogens is 196 g/mol. The van der Waals surface area contributed by atoms with E-state index in [-0.39, 0.29) is 12.5 Å². The molecule has 0 radical (unpaired) electrons. The Balaban J connectivity index is 2.03. The Labute approximate surface area is 89.2 Å². The fraction of sp³-hybridized carbons (Fsp3) is 0.778. The molecule has 0 aromatic heterocycles. The van der Waals surface area contributed by atoms with Crippen molar-refractivity contribution in [2.75, 3.05) is 39.4 Å². The van der Waals surface area contributed by atoms with E-state index >= 15 is 0 Å². The van der Waals surface area contributed by atoms with Crippen LogP contribution >= 0.6 is 0 Å². The van der Waals surface area contributed by atoms with E-state index in [0.29, 0.717) is 26.2 Å². The zero-order chi connectivity index (χ0) is 10.9. The minimum atomic E-state index is -0.0864. The molecular formula is C9H16N4O2. The third kappa shape index (κ3) is 5.32. The fourth-order valence-corrected chi connectivity index (χ4v) is 1.23. The molecule has 1 fully saturated rings. The number of amides is 1. The van der Waals surface area contributed by atoms with Gasteiger partial charge in [0.25, 0.3) is 0 Å². The average Bonchev–Trinajstić information content (AvgIpc) is 2.28. The third-order valence-electron chi connectivity index (χ3n) is 2.03. The standard InChI is InChI=1S/C9H16N4O2/c10-2-1-3-11-9(14)8-12-13-4-6-15-7-5-13/h12H,1,3-8H2,(H,11,14). The molecule has 2 N–H and O–H groups in total. The summed E-state index contributed by atoms with van der Waals surface area (Å²) in [5.41, 5.74) is 3.01. The van der Waals surface area contributed by atoms with Crippen molar-refractivity contribution in [1.82, 2.24) is 15.8 Å². The van der Waals surface area contributed by atoms with Crippen LogP contribution in [0.4, 0.5) is 0 Å². The second kappa shape index (κ2) is 7.17. The van der Waals surface area contributed by atoms with E-state index in [4.69, 9.17) is 10.00 Å². The van der Waals surface area contributed by atoms with Gasteiger partial charge in [-0.3, -0.25) is 4.79 Å². The Morgan fingerprint density at radius 3 is 2.87 bits per heavy atom. The molecule has 1 heterocycles. The molecule has 1 aliphatic heterocycles. The lowest BCUT2D eigenvalue weighted by Gasteiger charge is -2.26. The molecule has 0 aliphatic carbocycles. The van der Waals surface area contributed by atoms with Crippen LogP contribution in [0.15, 0.2) is 0 Å². The van der Waals surface area contributed by atoms with Crippen molar-refractivity contribution in [2.45, 2.75) is 6.42 Å². The first-order valence-corrected chi connectivity index (χ1v) is 5.03. The van der Waals surface area contributed by atoms with E-state index in [2.05, 4.69) is 10.7 Å². The largest absolute Gasteiger partial charge is 0.379 e. The molecule has 15 heavy (non-hydrogen) atoms. The smallest absolute Gasteiger partial charge is 0.235 e. The van der Waals surface area contributed by atoms with Crippen LogP contribution in [-0.2, 0) is 9.53 Å². The van der Waals surface area contributed by atoms with Crippen LogP contribution < -0.4 is 10.7 Å². The van der Waals surface area contributed by atoms with E-state index in [9.17, 15) is 4.79 Å². The molecule has 0 aromatic carbocycles. The Morgan fingerprint density at radius 2 is 2.20 bits per heavy atom. The van der Waals surface area contributed by atoms with E-state index in [1.165, 1.54) is 0 Å². The monoisotopic (exact) mass is 212 g/mol. The van der Waals surface area contributed by atoms with E-state index in [0.717, 1.165) is 13.1 Å². The van der Waals surface area contributed by atoms with Gasteiger partial charge >= 0.3 is 0 Å². The average molecular weight is 212 g/mol. The summed E-state index contributed by atoms with van der Waals surface area (Å²) in [6.07, 6.45) is 0.350. The van der Waals surface area contributed by atoms with Crippen molar-refractivity contribution in [3.63, 3.8) is 0 Å². The van der Waals surface area contributed by atoms with Crippen LogP contribution in [0.1, 0.15) is 6.42 Å². The summed E-state index contributed by atoms with van der Waals surface area (Å²) in [6.45, 7) is 3.66. The quantitative estimate of drug-likeness (QED) is 0.563. The number of hydrogen-bond donors (Lipinski definition) is 2. The lowest BCUT2D eigenvalue weighted by molar-refractivity contribution is -0.121. The van der Waals surface area contributed by atoms with Crippen molar-refractivity contribution in [2.24, 2.45) is 0 Å². The van der Waals surface area contributed by atoms with E-state index in [1.807, 2.05) is 11.1 Å². The predicted octanol–water partition coefficient (Wildman–Crippen LogP) is -1.15. The summed E-state index contributed by atoms with van der Waals surface area (Å²) in [6, 6.07) is 1.97. The number of hydrazine groups is 1. The molecule has 6 heteroatoms. The SMILES string of the molecule is N#CCCNC(=O)CNN1CCOCC1. The van der Waals surface area contributed by atoms with E-state index < -0.39 is 0 Å². The van der Waals surface area contributed by atoms with Crippen molar-refractivity contribution in [3.8, 4) is 6.07 Å². The number of nitrogens with zero attached hydrogens (tertiary/aromatic N) is 2. The molecule has 0 aromatic rings. The lowest BCUT2D eigenvalue weighted by Crippen LogP contribution is -2.49. The molecule has 0 saturated carbocycles. The molecule has 0 atom stereocenters. The van der Waals surface area contributed by atoms with Gasteiger partial charge in [0.15, 0.2) is 0 Å². The summed E-state index contributed by atoms with van der Waals surface area (Å²) < 4.78 is 5.17. The van der Waals surface area contributed by atoms with Gasteiger partial charge in [-0.1, -0.05) is 0 Å². The van der Waals surface area contributed by atoms with Gasteiger partial charge in [-0.25, -0.2) is 10.4 Å². The van der Waals surface area contributed by atoms with Crippen molar-refractivity contribution in [1.29, 1.82) is 5.26 Å². The van der Waals surface area contributed by atoms with Gasteiger partial charge < -0.3 is 10.1 Å². The van der Waals surface area contributed by atoms with Crippen LogP contribution in [-0.4, -0.2) is 50.3 Å². The van der Waals surface area contributed by atoms with E-state index in [1.54, 1.807) is 0 Å². The minimum absolute atomic E-state index is 0.0864. The van der Waals surface area contributed by atoms with Gasteiger partial charge in [-0.2, -0.15) is 5.26 Å². The molecule has 0 spiro atoms. The van der Waals surface area contributed by atoms with Gasteiger partial charge in [-0.15, -0.1) is 0 Å². The maximum absolute atomic E-state index is 11.2. The Hall–Kier alpha value is -1.16. The third-order valence-corrected chi connectivity index (χ3v) is 2.03. The number of ether oxygens (including phenoxy) is 1. The number of nitrogens with one attached hydrogen (secondary N) is 2. The molecule has 6 nitrogen and oxygen atoms in total. The van der Waals surface area contributed by atoms with Crippen molar-refractivity contribution in [3.05, 3.63) is 0 Å². The predicted molar refractivity (Wildman–Crippen MR) is 53.6 cm³/mol. The van der Waals surface area contributed by atoms with Crippen LogP contribution in [0.3, 0.4) is 0 Å². The summed E-state index contributed by atoms with van der Waals surface area (Å²) >= 11 is 0. The number of rotatable bonds is 5. The maximum atomic E-state index is 11.2. The molecule has 1 aliphatic rings. The Morgan fingerprint density at radius 1 is 1.47 bits per heavy atom. The van der Waals surface area contributed by atoms with Gasteiger partial charge in [0, 0.05) is 19.6 Å². The maximum Gasteiger partial charge on any atom is 0.235 e. The fourth-order valence-electron chi connectivity index (χ4n) is 1.23. The lowest BCUT2D eigenvalue weighted by atomic mass is 10.4. The Bertz CT molecular complexity index is 233. The highest BCUT2D eigenvalue weighted by Crippen LogP contribution is 1.91. The Kier molecular flexibility index (Phi) is 5.70. The van der Waals surface area contributed by atoms with Gasteiger partial charge in [0.1, 0.15) is 0 Å². The number of carbonyl (C=O) groups excluding carboxylic acids is 1. The topological polar surface area (TPSA) is 77.4 Å². The molecule has 84 valence electrons. The summed E-state index contributed by atoms with van der Waals surface area (Å²) in [5.74, 6) is -0.0864. The molecule has 1 amide bonds. The number of hydrogen-bond acceptors (Lipinski definition) is 5. The van der Waals surface area contributed by atoms with Crippen molar-refractivity contribution < 1.29 is 9.53 Å². The number of morpholine rings is 1. The van der Waals surface area contributed by atoms with Crippen LogP contribution in [0, 0.1) is 11.3 Å². The van der Waals surface area contributed by atoms with Gasteiger partial charge in [0.05, 0.1) is 32.2 Å².